The van der Waals surface area contributed by atoms with Gasteiger partial charge in [0.25, 0.3) is 11.7 Å². The fraction of sp³-hybridized carbons (Fsp3) is 0.407. The number of ketones is 1. The predicted molar refractivity (Wildman–Crippen MR) is 130 cm³/mol. The molecule has 1 heterocycles. The summed E-state index contributed by atoms with van der Waals surface area (Å²) in [6.45, 7) is 11.7. The molecule has 1 amide bonds. The molecule has 1 atom stereocenters. The Morgan fingerprint density at radius 2 is 1.76 bits per heavy atom. The number of hydrogen-bond acceptors (Lipinski definition) is 5. The first-order chi connectivity index (χ1) is 15.9. The Hall–Kier alpha value is -3.12. The highest BCUT2D eigenvalue weighted by molar-refractivity contribution is 6.46. The Balaban J connectivity index is 2.04. The fourth-order valence-electron chi connectivity index (χ4n) is 4.27. The number of hydrogen-bond donors (Lipinski definition) is 1. The first-order valence-electron chi connectivity index (χ1n) is 11.7. The van der Waals surface area contributed by atoms with Crippen LogP contribution in [0.5, 0.6) is 5.75 Å². The molecular weight excluding hydrogens is 416 g/mol. The minimum atomic E-state index is -0.664. The highest BCUT2D eigenvalue weighted by Gasteiger charge is 2.45. The average Bonchev–Trinajstić information content (AvgIpc) is 3.07. The Morgan fingerprint density at radius 3 is 2.39 bits per heavy atom. The second-order valence-electron chi connectivity index (χ2n) is 8.24. The van der Waals surface area contributed by atoms with E-state index in [4.69, 9.17) is 4.74 Å². The van der Waals surface area contributed by atoms with Crippen molar-refractivity contribution in [2.45, 2.75) is 40.2 Å². The van der Waals surface area contributed by atoms with Gasteiger partial charge in [-0.3, -0.25) is 9.59 Å². The summed E-state index contributed by atoms with van der Waals surface area (Å²) in [4.78, 5) is 30.1. The summed E-state index contributed by atoms with van der Waals surface area (Å²) < 4.78 is 5.66. The molecule has 1 fully saturated rings. The van der Waals surface area contributed by atoms with Gasteiger partial charge in [0.15, 0.2) is 0 Å². The second-order valence-corrected chi connectivity index (χ2v) is 8.24. The van der Waals surface area contributed by atoms with E-state index in [0.29, 0.717) is 24.5 Å². The van der Waals surface area contributed by atoms with Gasteiger partial charge in [-0.05, 0) is 57.6 Å². The molecule has 176 valence electrons. The average molecular weight is 451 g/mol. The molecule has 2 aromatic carbocycles. The van der Waals surface area contributed by atoms with E-state index < -0.39 is 17.7 Å². The van der Waals surface area contributed by atoms with Crippen molar-refractivity contribution in [1.29, 1.82) is 0 Å². The Morgan fingerprint density at radius 1 is 1.06 bits per heavy atom. The summed E-state index contributed by atoms with van der Waals surface area (Å²) in [7, 11) is 0. The third-order valence-electron chi connectivity index (χ3n) is 6.12. The minimum Gasteiger partial charge on any atom is -0.507 e. The maximum absolute atomic E-state index is 13.2. The third kappa shape index (κ3) is 5.45. The quantitative estimate of drug-likeness (QED) is 0.327. The standard InChI is InChI=1S/C27H34N2O4/c1-5-28(6-2)16-9-17-29-24(21-10-8-11-22(18-21)33-7-3)23(26(31)27(29)32)25(30)20-14-12-19(4)13-15-20/h8,10-15,18,24,30H,5-7,9,16-17H2,1-4H3. The van der Waals surface area contributed by atoms with Crippen LogP contribution in [0.4, 0.5) is 0 Å². The number of ether oxygens (including phenoxy) is 1. The van der Waals surface area contributed by atoms with Gasteiger partial charge in [0.1, 0.15) is 11.5 Å². The van der Waals surface area contributed by atoms with Crippen molar-refractivity contribution in [2.24, 2.45) is 0 Å². The number of nitrogens with zero attached hydrogens (tertiary/aromatic N) is 2. The molecule has 6 heteroatoms. The fourth-order valence-corrected chi connectivity index (χ4v) is 4.27. The molecule has 6 nitrogen and oxygen atoms in total. The second kappa shape index (κ2) is 11.1. The number of rotatable bonds is 10. The molecule has 1 aliphatic heterocycles. The summed E-state index contributed by atoms with van der Waals surface area (Å²) in [6.07, 6.45) is 0.737. The van der Waals surface area contributed by atoms with Crippen LogP contribution >= 0.6 is 0 Å². The summed E-state index contributed by atoms with van der Waals surface area (Å²) >= 11 is 0. The van der Waals surface area contributed by atoms with E-state index in [1.54, 1.807) is 17.0 Å². The van der Waals surface area contributed by atoms with Gasteiger partial charge in [-0.2, -0.15) is 0 Å². The van der Waals surface area contributed by atoms with Crippen molar-refractivity contribution < 1.29 is 19.4 Å². The van der Waals surface area contributed by atoms with Gasteiger partial charge in [0.05, 0.1) is 18.2 Å². The third-order valence-corrected chi connectivity index (χ3v) is 6.12. The lowest BCUT2D eigenvalue weighted by molar-refractivity contribution is -0.140. The van der Waals surface area contributed by atoms with Crippen LogP contribution in [-0.4, -0.2) is 59.4 Å². The van der Waals surface area contributed by atoms with E-state index in [1.807, 2.05) is 50.2 Å². The molecular formula is C27H34N2O4. The number of benzene rings is 2. The van der Waals surface area contributed by atoms with Crippen molar-refractivity contribution in [3.63, 3.8) is 0 Å². The van der Waals surface area contributed by atoms with Gasteiger partial charge >= 0.3 is 0 Å². The number of aryl methyl sites for hydroxylation is 1. The number of aliphatic hydroxyl groups is 1. The Bertz CT molecular complexity index is 1010. The zero-order chi connectivity index (χ0) is 24.0. The van der Waals surface area contributed by atoms with E-state index in [0.717, 1.165) is 37.2 Å². The summed E-state index contributed by atoms with van der Waals surface area (Å²) in [6, 6.07) is 14.0. The predicted octanol–water partition coefficient (Wildman–Crippen LogP) is 4.55. The summed E-state index contributed by atoms with van der Waals surface area (Å²) in [5, 5.41) is 11.2. The molecule has 0 spiro atoms. The van der Waals surface area contributed by atoms with Gasteiger partial charge < -0.3 is 19.6 Å². The van der Waals surface area contributed by atoms with Crippen LogP contribution < -0.4 is 4.74 Å². The number of carbonyl (C=O) groups excluding carboxylic acids is 2. The molecule has 0 saturated carbocycles. The van der Waals surface area contributed by atoms with Crippen molar-refractivity contribution >= 4 is 17.4 Å². The van der Waals surface area contributed by atoms with Gasteiger partial charge in [-0.1, -0.05) is 55.8 Å². The normalized spacial score (nSPS) is 17.7. The molecule has 0 aliphatic carbocycles. The van der Waals surface area contributed by atoms with E-state index in [2.05, 4.69) is 18.7 Å². The lowest BCUT2D eigenvalue weighted by atomic mass is 9.95. The smallest absolute Gasteiger partial charge is 0.295 e. The molecule has 0 bridgehead atoms. The highest BCUT2D eigenvalue weighted by Crippen LogP contribution is 2.40. The number of aliphatic hydroxyl groups excluding tert-OH is 1. The topological polar surface area (TPSA) is 70.1 Å². The zero-order valence-corrected chi connectivity index (χ0v) is 20.0. The van der Waals surface area contributed by atoms with Crippen LogP contribution in [0.3, 0.4) is 0 Å². The number of amides is 1. The van der Waals surface area contributed by atoms with E-state index in [1.165, 1.54) is 0 Å². The van der Waals surface area contributed by atoms with Gasteiger partial charge in [0.2, 0.25) is 0 Å². The van der Waals surface area contributed by atoms with Gasteiger partial charge in [-0.15, -0.1) is 0 Å². The first-order valence-corrected chi connectivity index (χ1v) is 11.7. The van der Waals surface area contributed by atoms with Crippen molar-refractivity contribution in [3.8, 4) is 5.75 Å². The molecule has 0 aromatic heterocycles. The van der Waals surface area contributed by atoms with E-state index in [9.17, 15) is 14.7 Å². The van der Waals surface area contributed by atoms with Crippen molar-refractivity contribution in [3.05, 3.63) is 70.8 Å². The monoisotopic (exact) mass is 450 g/mol. The lowest BCUT2D eigenvalue weighted by Crippen LogP contribution is -2.33. The SMILES string of the molecule is CCOc1cccc(C2C(=C(O)c3ccc(C)cc3)C(=O)C(=O)N2CCCN(CC)CC)c1. The molecule has 1 aliphatic rings. The summed E-state index contributed by atoms with van der Waals surface area (Å²) in [5.74, 6) is -0.705. The molecule has 33 heavy (non-hydrogen) atoms. The Labute approximate surface area is 196 Å². The summed E-state index contributed by atoms with van der Waals surface area (Å²) in [5.41, 5.74) is 2.44. The lowest BCUT2D eigenvalue weighted by Gasteiger charge is -2.27. The van der Waals surface area contributed by atoms with Crippen LogP contribution in [0.25, 0.3) is 5.76 Å². The van der Waals surface area contributed by atoms with Crippen LogP contribution in [0.2, 0.25) is 0 Å². The molecule has 0 radical (unpaired) electrons. The number of likely N-dealkylation sites (tertiary alicyclic amines) is 1. The Kier molecular flexibility index (Phi) is 8.28. The molecule has 1 saturated heterocycles. The molecule has 2 aromatic rings. The van der Waals surface area contributed by atoms with E-state index >= 15 is 0 Å². The molecule has 1 unspecified atom stereocenters. The van der Waals surface area contributed by atoms with Gasteiger partial charge in [0, 0.05) is 12.1 Å². The first kappa shape index (κ1) is 24.5. The van der Waals surface area contributed by atoms with Crippen LogP contribution in [0, 0.1) is 6.92 Å². The van der Waals surface area contributed by atoms with Crippen LogP contribution in [0.1, 0.15) is 49.9 Å². The maximum atomic E-state index is 13.2. The molecule has 3 rings (SSSR count). The van der Waals surface area contributed by atoms with E-state index in [-0.39, 0.29) is 11.3 Å². The zero-order valence-electron chi connectivity index (χ0n) is 20.0. The van der Waals surface area contributed by atoms with Gasteiger partial charge in [-0.25, -0.2) is 0 Å². The van der Waals surface area contributed by atoms with Crippen molar-refractivity contribution in [2.75, 3.05) is 32.8 Å². The van der Waals surface area contributed by atoms with Crippen LogP contribution in [-0.2, 0) is 9.59 Å². The highest BCUT2D eigenvalue weighted by atomic mass is 16.5. The number of Topliss-reactive ketones (excluding diaryl/α,β-unsaturated/α-hetero) is 1. The maximum Gasteiger partial charge on any atom is 0.295 e. The number of carbonyl (C=O) groups is 2. The van der Waals surface area contributed by atoms with Crippen LogP contribution in [0.15, 0.2) is 54.1 Å². The largest absolute Gasteiger partial charge is 0.507 e. The van der Waals surface area contributed by atoms with Crippen molar-refractivity contribution in [1.82, 2.24) is 9.80 Å². The minimum absolute atomic E-state index is 0.125. The molecule has 1 N–H and O–H groups in total.